The molecule has 0 radical (unpaired) electrons. The van der Waals surface area contributed by atoms with Gasteiger partial charge < -0.3 is 5.32 Å². The average molecular weight is 251 g/mol. The van der Waals surface area contributed by atoms with Crippen molar-refractivity contribution in [2.45, 2.75) is 0 Å². The summed E-state index contributed by atoms with van der Waals surface area (Å²) in [6, 6.07) is 9.64. The van der Waals surface area contributed by atoms with Crippen molar-refractivity contribution in [2.24, 2.45) is 0 Å². The maximum Gasteiger partial charge on any atom is 0.239 e. The third-order valence-corrected chi connectivity index (χ3v) is 3.41. The number of amides is 1. The summed E-state index contributed by atoms with van der Waals surface area (Å²) in [5.74, 6) is -0.413. The Labute approximate surface area is 101 Å². The summed E-state index contributed by atoms with van der Waals surface area (Å²) in [5, 5.41) is 13.1. The molecule has 80 valence electrons. The Morgan fingerprint density at radius 3 is 2.94 bits per heavy atom. The molecule has 0 fully saturated rings. The van der Waals surface area contributed by atoms with Gasteiger partial charge in [0.1, 0.15) is 17.0 Å². The van der Waals surface area contributed by atoms with E-state index in [1.165, 1.54) is 11.3 Å². The standard InChI is InChI=1S/C11H7ClN2OS/c12-5-10(15)14-11-8(6-13)7-3-1-2-4-9(7)16-11/h1-4H,5H2,(H,14,15). The van der Waals surface area contributed by atoms with Gasteiger partial charge in [-0.25, -0.2) is 0 Å². The Hall–Kier alpha value is -1.57. The molecular weight excluding hydrogens is 244 g/mol. The molecule has 1 aromatic carbocycles. The largest absolute Gasteiger partial charge is 0.316 e. The summed E-state index contributed by atoms with van der Waals surface area (Å²) in [5.41, 5.74) is 0.499. The van der Waals surface area contributed by atoms with Crippen LogP contribution < -0.4 is 5.32 Å². The number of alkyl halides is 1. The number of carbonyl (C=O) groups excluding carboxylic acids is 1. The van der Waals surface area contributed by atoms with Crippen LogP contribution in [0.4, 0.5) is 5.00 Å². The minimum atomic E-state index is -0.301. The Morgan fingerprint density at radius 2 is 2.25 bits per heavy atom. The van der Waals surface area contributed by atoms with Gasteiger partial charge in [-0.3, -0.25) is 4.79 Å². The van der Waals surface area contributed by atoms with E-state index in [4.69, 9.17) is 16.9 Å². The molecule has 1 aromatic heterocycles. The molecule has 0 unspecified atom stereocenters. The van der Waals surface area contributed by atoms with E-state index in [0.717, 1.165) is 10.1 Å². The van der Waals surface area contributed by atoms with Crippen LogP contribution in [0.25, 0.3) is 10.1 Å². The van der Waals surface area contributed by atoms with Crippen molar-refractivity contribution < 1.29 is 4.79 Å². The number of hydrogen-bond acceptors (Lipinski definition) is 3. The number of halogens is 1. The Balaban J connectivity index is 2.53. The number of benzene rings is 1. The summed E-state index contributed by atoms with van der Waals surface area (Å²) in [6.45, 7) is 0. The second-order valence-electron chi connectivity index (χ2n) is 3.10. The molecule has 0 spiro atoms. The van der Waals surface area contributed by atoms with Gasteiger partial charge in [0, 0.05) is 10.1 Å². The summed E-state index contributed by atoms with van der Waals surface area (Å²) in [4.78, 5) is 11.2. The van der Waals surface area contributed by atoms with Crippen LogP contribution in [-0.4, -0.2) is 11.8 Å². The maximum absolute atomic E-state index is 11.2. The van der Waals surface area contributed by atoms with Gasteiger partial charge in [0.25, 0.3) is 0 Å². The van der Waals surface area contributed by atoms with E-state index < -0.39 is 0 Å². The van der Waals surface area contributed by atoms with Gasteiger partial charge in [-0.15, -0.1) is 22.9 Å². The first-order valence-corrected chi connectivity index (χ1v) is 5.89. The fourth-order valence-corrected chi connectivity index (χ4v) is 2.54. The van der Waals surface area contributed by atoms with Crippen LogP contribution in [-0.2, 0) is 4.79 Å². The number of thiophene rings is 1. The number of nitrogens with zero attached hydrogens (tertiary/aromatic N) is 1. The van der Waals surface area contributed by atoms with Crippen molar-refractivity contribution >= 4 is 43.9 Å². The SMILES string of the molecule is N#Cc1c(NC(=O)CCl)sc2ccccc12. The minimum Gasteiger partial charge on any atom is -0.316 e. The lowest BCUT2D eigenvalue weighted by molar-refractivity contribution is -0.113. The van der Waals surface area contributed by atoms with Gasteiger partial charge in [0.05, 0.1) is 5.56 Å². The van der Waals surface area contributed by atoms with Crippen molar-refractivity contribution in [3.05, 3.63) is 29.8 Å². The van der Waals surface area contributed by atoms with E-state index in [2.05, 4.69) is 11.4 Å². The van der Waals surface area contributed by atoms with Crippen LogP contribution >= 0.6 is 22.9 Å². The van der Waals surface area contributed by atoms with Crippen LogP contribution in [0, 0.1) is 11.3 Å². The summed E-state index contributed by atoms with van der Waals surface area (Å²) in [7, 11) is 0. The topological polar surface area (TPSA) is 52.9 Å². The molecule has 1 amide bonds. The first-order chi connectivity index (χ1) is 7.76. The molecule has 0 aliphatic heterocycles. The molecule has 0 aliphatic carbocycles. The van der Waals surface area contributed by atoms with Crippen molar-refractivity contribution in [2.75, 3.05) is 11.2 Å². The molecule has 16 heavy (non-hydrogen) atoms. The number of rotatable bonds is 2. The van der Waals surface area contributed by atoms with Crippen molar-refractivity contribution in [1.82, 2.24) is 0 Å². The molecule has 0 saturated heterocycles. The smallest absolute Gasteiger partial charge is 0.239 e. The lowest BCUT2D eigenvalue weighted by Gasteiger charge is -1.98. The van der Waals surface area contributed by atoms with Crippen LogP contribution in [0.3, 0.4) is 0 Å². The number of carbonyl (C=O) groups is 1. The van der Waals surface area contributed by atoms with Gasteiger partial charge in [-0.2, -0.15) is 5.26 Å². The van der Waals surface area contributed by atoms with Gasteiger partial charge in [0.15, 0.2) is 0 Å². The van der Waals surface area contributed by atoms with Gasteiger partial charge in [-0.1, -0.05) is 18.2 Å². The van der Waals surface area contributed by atoms with E-state index >= 15 is 0 Å². The maximum atomic E-state index is 11.2. The molecule has 2 aromatic rings. The zero-order valence-electron chi connectivity index (χ0n) is 8.16. The molecule has 2 rings (SSSR count). The molecular formula is C11H7ClN2OS. The highest BCUT2D eigenvalue weighted by atomic mass is 35.5. The van der Waals surface area contributed by atoms with E-state index in [0.29, 0.717) is 10.6 Å². The van der Waals surface area contributed by atoms with Gasteiger partial charge >= 0.3 is 0 Å². The third kappa shape index (κ3) is 1.87. The summed E-state index contributed by atoms with van der Waals surface area (Å²) in [6.07, 6.45) is 0. The zero-order chi connectivity index (χ0) is 11.5. The molecule has 1 heterocycles. The first kappa shape index (κ1) is 10.9. The predicted octanol–water partition coefficient (Wildman–Crippen LogP) is 2.95. The van der Waals surface area contributed by atoms with Crippen LogP contribution in [0.15, 0.2) is 24.3 Å². The predicted molar refractivity (Wildman–Crippen MR) is 65.9 cm³/mol. The van der Waals surface area contributed by atoms with E-state index in [1.807, 2.05) is 24.3 Å². The zero-order valence-corrected chi connectivity index (χ0v) is 9.73. The fraction of sp³-hybridized carbons (Fsp3) is 0.0909. The van der Waals surface area contributed by atoms with E-state index in [-0.39, 0.29) is 11.8 Å². The van der Waals surface area contributed by atoms with E-state index in [1.54, 1.807) is 0 Å². The minimum absolute atomic E-state index is 0.112. The molecule has 0 saturated carbocycles. The Bertz CT molecular complexity index is 585. The normalized spacial score (nSPS) is 10.0. The van der Waals surface area contributed by atoms with Crippen molar-refractivity contribution in [1.29, 1.82) is 5.26 Å². The summed E-state index contributed by atoms with van der Waals surface area (Å²) < 4.78 is 0.976. The highest BCUT2D eigenvalue weighted by molar-refractivity contribution is 7.23. The van der Waals surface area contributed by atoms with Crippen molar-refractivity contribution in [3.63, 3.8) is 0 Å². The highest BCUT2D eigenvalue weighted by Gasteiger charge is 2.12. The number of fused-ring (bicyclic) bond motifs is 1. The molecule has 0 aliphatic rings. The van der Waals surface area contributed by atoms with Gasteiger partial charge in [-0.05, 0) is 6.07 Å². The lowest BCUT2D eigenvalue weighted by atomic mass is 10.2. The summed E-state index contributed by atoms with van der Waals surface area (Å²) >= 11 is 6.78. The van der Waals surface area contributed by atoms with Crippen LogP contribution in [0.2, 0.25) is 0 Å². The fourth-order valence-electron chi connectivity index (χ4n) is 1.40. The molecule has 3 nitrogen and oxygen atoms in total. The third-order valence-electron chi connectivity index (χ3n) is 2.08. The quantitative estimate of drug-likeness (QED) is 0.833. The Morgan fingerprint density at radius 1 is 1.50 bits per heavy atom. The average Bonchev–Trinajstić information content (AvgIpc) is 2.65. The number of nitriles is 1. The Kier molecular flexibility index (Phi) is 3.09. The lowest BCUT2D eigenvalue weighted by Crippen LogP contribution is -2.12. The monoisotopic (exact) mass is 250 g/mol. The number of hydrogen-bond donors (Lipinski definition) is 1. The molecule has 0 atom stereocenters. The van der Waals surface area contributed by atoms with Gasteiger partial charge in [0.2, 0.25) is 5.91 Å². The molecule has 5 heteroatoms. The number of anilines is 1. The second-order valence-corrected chi connectivity index (χ2v) is 4.42. The molecule has 0 bridgehead atoms. The van der Waals surface area contributed by atoms with Crippen molar-refractivity contribution in [3.8, 4) is 6.07 Å². The van der Waals surface area contributed by atoms with Crippen LogP contribution in [0.1, 0.15) is 5.56 Å². The first-order valence-electron chi connectivity index (χ1n) is 4.53. The van der Waals surface area contributed by atoms with E-state index in [9.17, 15) is 4.79 Å². The second kappa shape index (κ2) is 4.52. The van der Waals surface area contributed by atoms with Crippen LogP contribution in [0.5, 0.6) is 0 Å². The highest BCUT2D eigenvalue weighted by Crippen LogP contribution is 2.34. The number of nitrogens with one attached hydrogen (secondary N) is 1. The molecule has 1 N–H and O–H groups in total.